The van der Waals surface area contributed by atoms with Gasteiger partial charge >= 0.3 is 0 Å². The Morgan fingerprint density at radius 2 is 2.00 bits per heavy atom. The Hall–Kier alpha value is -2.61. The van der Waals surface area contributed by atoms with Crippen molar-refractivity contribution in [1.82, 2.24) is 9.78 Å². The van der Waals surface area contributed by atoms with E-state index < -0.39 is 5.82 Å². The van der Waals surface area contributed by atoms with Gasteiger partial charge in [-0.25, -0.2) is 9.07 Å². The first kappa shape index (κ1) is 18.7. The molecule has 0 radical (unpaired) electrons. The van der Waals surface area contributed by atoms with Crippen molar-refractivity contribution < 1.29 is 4.39 Å². The molecule has 0 atom stereocenters. The largest absolute Gasteiger partial charge is 0.381 e. The summed E-state index contributed by atoms with van der Waals surface area (Å²) in [5, 5.41) is 17.6. The maximum absolute atomic E-state index is 14.8. The van der Waals surface area contributed by atoms with E-state index in [2.05, 4.69) is 31.3 Å². The highest BCUT2D eigenvalue weighted by Crippen LogP contribution is 2.35. The number of aromatic nitrogens is 2. The topological polar surface area (TPSA) is 53.6 Å². The van der Waals surface area contributed by atoms with Crippen LogP contribution in [0.1, 0.15) is 68.5 Å². The van der Waals surface area contributed by atoms with E-state index in [0.717, 1.165) is 36.2 Å². The molecule has 146 valence electrons. The van der Waals surface area contributed by atoms with Crippen LogP contribution in [0.25, 0.3) is 11.8 Å². The van der Waals surface area contributed by atoms with Crippen molar-refractivity contribution >= 4 is 11.8 Å². The SMILES string of the molecule is Cc1nn(-c2cc(F)c(C#N)c(NC3CCCCC3)c2)c2c1C=CC(C)(C)C2. The fourth-order valence-corrected chi connectivity index (χ4v) is 4.40. The first-order chi connectivity index (χ1) is 13.4. The van der Waals surface area contributed by atoms with Gasteiger partial charge in [-0.1, -0.05) is 45.3 Å². The van der Waals surface area contributed by atoms with E-state index >= 15 is 0 Å². The van der Waals surface area contributed by atoms with Gasteiger partial charge < -0.3 is 5.32 Å². The molecule has 1 heterocycles. The van der Waals surface area contributed by atoms with Crippen molar-refractivity contribution in [2.75, 3.05) is 5.32 Å². The van der Waals surface area contributed by atoms with Gasteiger partial charge in [-0.2, -0.15) is 10.4 Å². The minimum atomic E-state index is -0.495. The Labute approximate surface area is 166 Å². The number of halogens is 1. The highest BCUT2D eigenvalue weighted by atomic mass is 19.1. The molecule has 1 fully saturated rings. The Morgan fingerprint density at radius 3 is 2.71 bits per heavy atom. The molecule has 0 spiro atoms. The molecule has 5 heteroatoms. The van der Waals surface area contributed by atoms with Gasteiger partial charge in [0, 0.05) is 17.7 Å². The maximum Gasteiger partial charge on any atom is 0.145 e. The molecule has 0 amide bonds. The van der Waals surface area contributed by atoms with Crippen LogP contribution in [0.4, 0.5) is 10.1 Å². The van der Waals surface area contributed by atoms with Gasteiger partial charge in [0.25, 0.3) is 0 Å². The summed E-state index contributed by atoms with van der Waals surface area (Å²) in [5.41, 5.74) is 4.53. The van der Waals surface area contributed by atoms with Gasteiger partial charge in [0.05, 0.1) is 22.8 Å². The second kappa shape index (κ2) is 7.09. The third kappa shape index (κ3) is 3.44. The molecule has 2 aromatic rings. The van der Waals surface area contributed by atoms with E-state index in [0.29, 0.717) is 17.4 Å². The number of anilines is 1. The lowest BCUT2D eigenvalue weighted by Gasteiger charge is -2.26. The number of nitrogens with zero attached hydrogens (tertiary/aromatic N) is 3. The summed E-state index contributed by atoms with van der Waals surface area (Å²) in [4.78, 5) is 0. The predicted molar refractivity (Wildman–Crippen MR) is 110 cm³/mol. The van der Waals surface area contributed by atoms with Gasteiger partial charge in [0.2, 0.25) is 0 Å². The third-order valence-corrected chi connectivity index (χ3v) is 5.93. The van der Waals surface area contributed by atoms with Crippen LogP contribution in [0.3, 0.4) is 0 Å². The van der Waals surface area contributed by atoms with Crippen molar-refractivity contribution in [3.05, 3.63) is 46.5 Å². The lowest BCUT2D eigenvalue weighted by Crippen LogP contribution is -2.23. The molecule has 4 nitrogen and oxygen atoms in total. The lowest BCUT2D eigenvalue weighted by molar-refractivity contribution is 0.461. The van der Waals surface area contributed by atoms with Gasteiger partial charge in [-0.15, -0.1) is 0 Å². The molecule has 0 unspecified atom stereocenters. The Bertz CT molecular complexity index is 971. The summed E-state index contributed by atoms with van der Waals surface area (Å²) in [6.45, 7) is 6.36. The molecular formula is C23H27FN4. The van der Waals surface area contributed by atoms with Crippen molar-refractivity contribution in [1.29, 1.82) is 5.26 Å². The number of allylic oxidation sites excluding steroid dienone is 1. The first-order valence-electron chi connectivity index (χ1n) is 10.2. The molecule has 0 aliphatic heterocycles. The van der Waals surface area contributed by atoms with Gasteiger partial charge in [-0.3, -0.25) is 0 Å². The van der Waals surface area contributed by atoms with Crippen LogP contribution < -0.4 is 5.32 Å². The number of aryl methyl sites for hydroxylation is 1. The van der Waals surface area contributed by atoms with Crippen molar-refractivity contribution in [2.45, 2.75) is 65.3 Å². The normalized spacial score (nSPS) is 18.5. The van der Waals surface area contributed by atoms with Gasteiger partial charge in [0.1, 0.15) is 17.4 Å². The summed E-state index contributed by atoms with van der Waals surface area (Å²) < 4.78 is 16.7. The third-order valence-electron chi connectivity index (χ3n) is 5.93. The monoisotopic (exact) mass is 378 g/mol. The molecule has 1 N–H and O–H groups in total. The summed E-state index contributed by atoms with van der Waals surface area (Å²) >= 11 is 0. The Balaban J connectivity index is 1.77. The molecule has 0 saturated heterocycles. The van der Waals surface area contributed by atoms with E-state index in [1.165, 1.54) is 25.3 Å². The number of hydrogen-bond donors (Lipinski definition) is 1. The molecule has 2 aliphatic rings. The standard InChI is InChI=1S/C23H27FN4/c1-15-18-9-10-23(2,3)13-22(18)28(27-15)17-11-20(24)19(14-25)21(12-17)26-16-7-5-4-6-8-16/h9-12,16,26H,4-8,13H2,1-3H3. The minimum absolute atomic E-state index is 0.0333. The van der Waals surface area contributed by atoms with Gasteiger partial charge in [0.15, 0.2) is 0 Å². The van der Waals surface area contributed by atoms with E-state index in [9.17, 15) is 9.65 Å². The summed E-state index contributed by atoms with van der Waals surface area (Å²) in [6.07, 6.45) is 10.9. The van der Waals surface area contributed by atoms with Crippen molar-refractivity contribution in [3.8, 4) is 11.8 Å². The van der Waals surface area contributed by atoms with Crippen LogP contribution >= 0.6 is 0 Å². The molecule has 2 aliphatic carbocycles. The minimum Gasteiger partial charge on any atom is -0.381 e. The van der Waals surface area contributed by atoms with E-state index in [1.54, 1.807) is 0 Å². The van der Waals surface area contributed by atoms with Crippen LogP contribution in [0.5, 0.6) is 0 Å². The van der Waals surface area contributed by atoms with E-state index in [-0.39, 0.29) is 11.0 Å². The van der Waals surface area contributed by atoms with E-state index in [4.69, 9.17) is 5.10 Å². The summed E-state index contributed by atoms with van der Waals surface area (Å²) in [7, 11) is 0. The molecule has 1 aromatic heterocycles. The number of hydrogen-bond acceptors (Lipinski definition) is 3. The van der Waals surface area contributed by atoms with Crippen LogP contribution in [0.2, 0.25) is 0 Å². The van der Waals surface area contributed by atoms with E-state index in [1.807, 2.05) is 23.7 Å². The van der Waals surface area contributed by atoms with Crippen LogP contribution in [0.15, 0.2) is 18.2 Å². The highest BCUT2D eigenvalue weighted by molar-refractivity contribution is 5.65. The second-order valence-electron chi connectivity index (χ2n) is 8.80. The Morgan fingerprint density at radius 1 is 1.25 bits per heavy atom. The van der Waals surface area contributed by atoms with Crippen LogP contribution in [-0.4, -0.2) is 15.8 Å². The molecule has 1 aromatic carbocycles. The maximum atomic E-state index is 14.8. The zero-order chi connectivity index (χ0) is 19.9. The van der Waals surface area contributed by atoms with Crippen LogP contribution in [-0.2, 0) is 6.42 Å². The first-order valence-corrected chi connectivity index (χ1v) is 10.2. The molecule has 28 heavy (non-hydrogen) atoms. The molecule has 1 saturated carbocycles. The smallest absolute Gasteiger partial charge is 0.145 e. The average Bonchev–Trinajstić information content (AvgIpc) is 2.97. The zero-order valence-corrected chi connectivity index (χ0v) is 16.8. The lowest BCUT2D eigenvalue weighted by atomic mass is 9.82. The fraction of sp³-hybridized carbons (Fsp3) is 0.478. The van der Waals surface area contributed by atoms with Crippen molar-refractivity contribution in [2.24, 2.45) is 5.41 Å². The average molecular weight is 378 g/mol. The summed E-state index contributed by atoms with van der Waals surface area (Å²) in [5.74, 6) is -0.495. The Kier molecular flexibility index (Phi) is 4.74. The number of benzene rings is 1. The predicted octanol–water partition coefficient (Wildman–Crippen LogP) is 5.53. The zero-order valence-electron chi connectivity index (χ0n) is 16.8. The molecule has 0 bridgehead atoms. The number of nitrogens with one attached hydrogen (secondary N) is 1. The quantitative estimate of drug-likeness (QED) is 0.764. The molecular weight excluding hydrogens is 351 g/mol. The van der Waals surface area contributed by atoms with Crippen molar-refractivity contribution in [3.63, 3.8) is 0 Å². The summed E-state index contributed by atoms with van der Waals surface area (Å²) in [6, 6.07) is 5.65. The van der Waals surface area contributed by atoms with Gasteiger partial charge in [-0.05, 0) is 37.7 Å². The fourth-order valence-electron chi connectivity index (χ4n) is 4.40. The molecule has 4 rings (SSSR count). The number of fused-ring (bicyclic) bond motifs is 1. The number of nitriles is 1. The highest BCUT2D eigenvalue weighted by Gasteiger charge is 2.27. The number of rotatable bonds is 3. The van der Waals surface area contributed by atoms with Crippen LogP contribution in [0, 0.1) is 29.5 Å². The second-order valence-corrected chi connectivity index (χ2v) is 8.80.